The van der Waals surface area contributed by atoms with Gasteiger partial charge >= 0.3 is 19.8 Å². The number of hydrogen-bond acceptors (Lipinski definition) is 7. The molecule has 0 radical (unpaired) electrons. The van der Waals surface area contributed by atoms with E-state index in [0.717, 1.165) is 38.5 Å². The topological polar surface area (TPSA) is 108 Å². The van der Waals surface area contributed by atoms with Crippen LogP contribution in [0.5, 0.6) is 0 Å². The molecular weight excluding hydrogens is 677 g/mol. The third kappa shape index (κ3) is 38.5. The van der Waals surface area contributed by atoms with Gasteiger partial charge in [-0.1, -0.05) is 154 Å². The number of hydrogen-bond donors (Lipinski definition) is 1. The van der Waals surface area contributed by atoms with Gasteiger partial charge in [0.1, 0.15) is 19.8 Å². The lowest BCUT2D eigenvalue weighted by Crippen LogP contribution is -2.37. The quantitative estimate of drug-likeness (QED) is 0.0215. The van der Waals surface area contributed by atoms with Crippen LogP contribution in [-0.4, -0.2) is 74.9 Å². The number of unbranched alkanes of at least 4 members (excludes halogenated alkanes) is 11. The molecule has 1 N–H and O–H groups in total. The molecule has 0 rings (SSSR count). The molecule has 0 aliphatic rings. The molecule has 0 saturated heterocycles. The van der Waals surface area contributed by atoms with Crippen molar-refractivity contribution in [1.82, 2.24) is 0 Å². The fourth-order valence-corrected chi connectivity index (χ4v) is 4.72. The number of likely N-dealkylation sites (N-methyl/N-ethyl adjacent to an activating group) is 1. The Labute approximate surface area is 364 Å². The van der Waals surface area contributed by atoms with E-state index in [4.69, 9.17) is 61.0 Å². The minimum absolute atomic E-state index is 0.178. The number of allylic oxidation sites excluding steroid dienone is 2. The van der Waals surface area contributed by atoms with Gasteiger partial charge in [0.15, 0.2) is 6.10 Å². The second-order valence-electron chi connectivity index (χ2n) is 12.4. The molecule has 0 saturated carbocycles. The Balaban J connectivity index is 6.84. The molecule has 52 heavy (non-hydrogen) atoms. The van der Waals surface area contributed by atoms with Crippen molar-refractivity contribution in [3.63, 3.8) is 0 Å². The second kappa shape index (κ2) is 35.5. The van der Waals surface area contributed by atoms with Crippen molar-refractivity contribution in [3.05, 3.63) is 12.2 Å². The molecule has 0 spiro atoms. The van der Waals surface area contributed by atoms with Crippen LogP contribution in [0, 0.1) is 0 Å². The average molecular weight is 792 g/mol. The van der Waals surface area contributed by atoms with Gasteiger partial charge in [-0.3, -0.25) is 18.6 Å². The van der Waals surface area contributed by atoms with Crippen LogP contribution in [0.1, 0.15) is 235 Å². The Hall–Kier alpha value is -1.25. The molecular formula is C42H83NO8P+. The van der Waals surface area contributed by atoms with Crippen LogP contribution in [-0.2, 0) is 32.7 Å². The molecule has 0 fully saturated rings. The van der Waals surface area contributed by atoms with Gasteiger partial charge in [-0.15, -0.1) is 0 Å². The van der Waals surface area contributed by atoms with Crippen LogP contribution >= 0.6 is 7.82 Å². The van der Waals surface area contributed by atoms with Gasteiger partial charge in [-0.05, 0) is 38.5 Å². The maximum atomic E-state index is 13.5. The molecule has 0 aliphatic carbocycles. The minimum Gasteiger partial charge on any atom is -0.462 e. The molecule has 0 amide bonds. The molecule has 2 atom stereocenters. The SMILES string of the molecule is [2H]C([2H])([2H])C([2H])([2H])C([2H])([2H])C([2H])([2H])C([2H])([2H])C([2H])([2H])C([2H])([2H])C([2H])([2H])C([2H])([2H])C([2H])([2H])C([2H])([2H])C([2H])([2H])C([2H])([2H])C([2H])([2H])C([2H])([2H])C(=O)OC[C@H](COP(=O)(O)OCC[N+](C)(C)C)OC(=O)CCCCCCCC=CCCCCCCCC. The molecule has 0 aromatic carbocycles. The maximum Gasteiger partial charge on any atom is 0.472 e. The van der Waals surface area contributed by atoms with E-state index in [1.807, 2.05) is 0 Å². The number of esters is 2. The van der Waals surface area contributed by atoms with Crippen molar-refractivity contribution in [3.8, 4) is 0 Å². The van der Waals surface area contributed by atoms with Gasteiger partial charge in [0.05, 0.1) is 27.7 Å². The van der Waals surface area contributed by atoms with Crippen molar-refractivity contribution in [2.75, 3.05) is 47.5 Å². The summed E-state index contributed by atoms with van der Waals surface area (Å²) in [6.45, 7) is -4.66. The van der Waals surface area contributed by atoms with Crippen LogP contribution < -0.4 is 0 Å². The van der Waals surface area contributed by atoms with Crippen LogP contribution in [0.2, 0.25) is 0 Å². The number of carbonyl (C=O) groups is 2. The summed E-state index contributed by atoms with van der Waals surface area (Å²) in [7, 11) is 0.188. The van der Waals surface area contributed by atoms with E-state index in [9.17, 15) is 19.0 Å². The summed E-state index contributed by atoms with van der Waals surface area (Å²) in [5.41, 5.74) is 0. The zero-order valence-corrected chi connectivity index (χ0v) is 32.1. The monoisotopic (exact) mass is 792 g/mol. The fourth-order valence-electron chi connectivity index (χ4n) is 3.98. The zero-order valence-electron chi connectivity index (χ0n) is 62.2. The summed E-state index contributed by atoms with van der Waals surface area (Å²) < 4.78 is 287. The summed E-state index contributed by atoms with van der Waals surface area (Å²) in [4.78, 5) is 36.8. The van der Waals surface area contributed by atoms with E-state index in [0.29, 0.717) is 6.42 Å². The van der Waals surface area contributed by atoms with Crippen molar-refractivity contribution in [2.45, 2.75) is 199 Å². The highest BCUT2D eigenvalue weighted by atomic mass is 31.2. The predicted octanol–water partition coefficient (Wildman–Crippen LogP) is 11.8. The van der Waals surface area contributed by atoms with Crippen LogP contribution in [0.3, 0.4) is 0 Å². The molecule has 1 unspecified atom stereocenters. The first-order valence-corrected chi connectivity index (χ1v) is 19.1. The van der Waals surface area contributed by atoms with E-state index in [1.54, 1.807) is 21.1 Å². The molecule has 0 aromatic heterocycles. The van der Waals surface area contributed by atoms with Gasteiger partial charge in [0.25, 0.3) is 0 Å². The third-order valence-corrected chi connectivity index (χ3v) is 7.68. The summed E-state index contributed by atoms with van der Waals surface area (Å²) >= 11 is 0. The van der Waals surface area contributed by atoms with Crippen molar-refractivity contribution >= 4 is 19.8 Å². The van der Waals surface area contributed by atoms with Crippen molar-refractivity contribution in [1.29, 1.82) is 0 Å². The maximum absolute atomic E-state index is 13.5. The number of ether oxygens (including phenoxy) is 2. The number of rotatable bonds is 39. The summed E-state index contributed by atoms with van der Waals surface area (Å²) in [6.07, 6.45) is -55.5. The Morgan fingerprint density at radius 3 is 1.79 bits per heavy atom. The lowest BCUT2D eigenvalue weighted by atomic mass is 10.0. The Kier molecular flexibility index (Phi) is 13.1. The molecule has 0 heterocycles. The van der Waals surface area contributed by atoms with Gasteiger partial charge < -0.3 is 18.9 Å². The van der Waals surface area contributed by atoms with Gasteiger partial charge in [0.2, 0.25) is 0 Å². The van der Waals surface area contributed by atoms with E-state index < -0.39 is 135 Å². The number of phosphoric ester groups is 1. The van der Waals surface area contributed by atoms with Crippen LogP contribution in [0.4, 0.5) is 0 Å². The zero-order chi connectivity index (χ0) is 66.2. The van der Waals surface area contributed by atoms with Gasteiger partial charge in [0, 0.05) is 55.3 Å². The second-order valence-corrected chi connectivity index (χ2v) is 13.9. The number of nitrogens with zero attached hydrogens (tertiary/aromatic N) is 1. The highest BCUT2D eigenvalue weighted by Crippen LogP contribution is 2.43. The van der Waals surface area contributed by atoms with Crippen molar-refractivity contribution in [2.24, 2.45) is 0 Å². The molecule has 0 aliphatic heterocycles. The molecule has 9 nitrogen and oxygen atoms in total. The lowest BCUT2D eigenvalue weighted by Gasteiger charge is -2.24. The normalized spacial score (nSPS) is 26.7. The third-order valence-electron chi connectivity index (χ3n) is 6.70. The van der Waals surface area contributed by atoms with E-state index in [-0.39, 0.29) is 30.5 Å². The molecule has 0 bridgehead atoms. The number of carbonyl (C=O) groups excluding carboxylic acids is 2. The highest BCUT2D eigenvalue weighted by Gasteiger charge is 2.27. The largest absolute Gasteiger partial charge is 0.472 e. The van der Waals surface area contributed by atoms with E-state index >= 15 is 0 Å². The first-order valence-electron chi connectivity index (χ1n) is 33.1. The Morgan fingerprint density at radius 1 is 0.712 bits per heavy atom. The van der Waals surface area contributed by atoms with Crippen LogP contribution in [0.15, 0.2) is 12.2 Å². The first kappa shape index (κ1) is 19.3. The highest BCUT2D eigenvalue weighted by molar-refractivity contribution is 7.47. The summed E-state index contributed by atoms with van der Waals surface area (Å²) in [6, 6.07) is 0. The first-order chi connectivity index (χ1) is 36.7. The van der Waals surface area contributed by atoms with Crippen molar-refractivity contribution < 1.29 is 84.5 Å². The van der Waals surface area contributed by atoms with Crippen LogP contribution in [0.25, 0.3) is 0 Å². The lowest BCUT2D eigenvalue weighted by molar-refractivity contribution is -0.870. The molecule has 0 aromatic rings. The van der Waals surface area contributed by atoms with E-state index in [1.165, 1.54) is 32.1 Å². The summed E-state index contributed by atoms with van der Waals surface area (Å²) in [5.74, 6) is -3.49. The Morgan fingerprint density at radius 2 is 1.23 bits per heavy atom. The number of phosphoric acid groups is 1. The fraction of sp³-hybridized carbons (Fsp3) is 0.905. The number of quaternary nitrogens is 1. The Bertz CT molecular complexity index is 2170. The summed E-state index contributed by atoms with van der Waals surface area (Å²) in [5, 5.41) is 0. The van der Waals surface area contributed by atoms with Gasteiger partial charge in [-0.2, -0.15) is 0 Å². The predicted molar refractivity (Wildman–Crippen MR) is 215 cm³/mol. The minimum atomic E-state index is -5.24. The molecule has 308 valence electrons. The van der Waals surface area contributed by atoms with Gasteiger partial charge in [-0.25, -0.2) is 4.57 Å². The standard InChI is InChI=1S/C42H82NO8P/c1-6-8-10-12-14-16-18-20-21-23-25-27-29-31-33-35-42(45)51-40(39-50-52(46,47)49-37-36-43(3,4)5)38-48-41(44)34-32-30-28-26-24-22-19-17-15-13-11-9-7-2/h20-21,40H,6-19,22-39H2,1-5H3/p+1/t40-/m1/s1/i2D3,7D2,9D2,11D2,13D2,15D2,17D2,19D2,22D2,24D2,26D2,28D2,30D2,32D2,34D2. The smallest absolute Gasteiger partial charge is 0.462 e. The molecule has 10 heteroatoms. The van der Waals surface area contributed by atoms with E-state index in [2.05, 4.69) is 19.1 Å². The average Bonchev–Trinajstić information content (AvgIpc) is 3.31.